The third kappa shape index (κ3) is 3.37. The Morgan fingerprint density at radius 2 is 1.82 bits per heavy atom. The molecule has 0 heterocycles. The Balaban J connectivity index is 2.39. The van der Waals surface area contributed by atoms with Gasteiger partial charge in [0.2, 0.25) is 6.43 Å². The van der Waals surface area contributed by atoms with Crippen LogP contribution < -0.4 is 0 Å². The van der Waals surface area contributed by atoms with Crippen molar-refractivity contribution in [1.29, 1.82) is 0 Å². The fourth-order valence-electron chi connectivity index (χ4n) is 0.676. The van der Waals surface area contributed by atoms with E-state index in [1.54, 1.807) is 0 Å². The van der Waals surface area contributed by atoms with Crippen LogP contribution in [-0.4, -0.2) is 12.2 Å². The summed E-state index contributed by atoms with van der Waals surface area (Å²) in [4.78, 5) is 0.896. The van der Waals surface area contributed by atoms with Crippen molar-refractivity contribution in [2.24, 2.45) is 0 Å². The maximum atomic E-state index is 11.7. The predicted molar refractivity (Wildman–Crippen MR) is 43.2 cm³/mol. The second-order valence-electron chi connectivity index (χ2n) is 2.02. The van der Waals surface area contributed by atoms with E-state index in [4.69, 9.17) is 0 Å². The number of hydrogen-bond donors (Lipinski definition) is 0. The highest BCUT2D eigenvalue weighted by Crippen LogP contribution is 2.18. The van der Waals surface area contributed by atoms with Crippen LogP contribution >= 0.6 is 11.8 Å². The summed E-state index contributed by atoms with van der Waals surface area (Å²) < 4.78 is 23.4. The summed E-state index contributed by atoms with van der Waals surface area (Å²) in [6.07, 6.45) is -2.22. The lowest BCUT2D eigenvalue weighted by Gasteiger charge is -1.98. The number of thioether (sulfide) groups is 1. The van der Waals surface area contributed by atoms with Gasteiger partial charge in [0.15, 0.2) is 0 Å². The van der Waals surface area contributed by atoms with Gasteiger partial charge in [0.1, 0.15) is 0 Å². The summed E-state index contributed by atoms with van der Waals surface area (Å²) in [7, 11) is 0. The smallest absolute Gasteiger partial charge is 0.210 e. The van der Waals surface area contributed by atoms with Crippen LogP contribution in [0.2, 0.25) is 0 Å². The maximum Gasteiger partial charge on any atom is 0.247 e. The van der Waals surface area contributed by atoms with Crippen LogP contribution in [0.3, 0.4) is 0 Å². The van der Waals surface area contributed by atoms with Gasteiger partial charge in [-0.3, -0.25) is 0 Å². The number of benzene rings is 1. The van der Waals surface area contributed by atoms with E-state index in [0.29, 0.717) is 0 Å². The zero-order chi connectivity index (χ0) is 8.10. The molecular formula is C8H8F2S. The quantitative estimate of drug-likeness (QED) is 0.635. The summed E-state index contributed by atoms with van der Waals surface area (Å²) in [6.45, 7) is 0. The first kappa shape index (κ1) is 8.53. The van der Waals surface area contributed by atoms with Crippen molar-refractivity contribution in [1.82, 2.24) is 0 Å². The Morgan fingerprint density at radius 3 is 2.36 bits per heavy atom. The molecule has 0 nitrogen and oxygen atoms in total. The van der Waals surface area contributed by atoms with Crippen LogP contribution in [-0.2, 0) is 0 Å². The minimum atomic E-state index is -2.22. The van der Waals surface area contributed by atoms with Gasteiger partial charge in [-0.25, -0.2) is 8.78 Å². The van der Waals surface area contributed by atoms with E-state index in [-0.39, 0.29) is 5.75 Å². The van der Waals surface area contributed by atoms with Crippen LogP contribution in [0, 0.1) is 0 Å². The first-order valence-corrected chi connectivity index (χ1v) is 4.23. The van der Waals surface area contributed by atoms with Crippen molar-refractivity contribution in [3.05, 3.63) is 30.3 Å². The number of rotatable bonds is 3. The van der Waals surface area contributed by atoms with E-state index in [1.807, 2.05) is 30.3 Å². The van der Waals surface area contributed by atoms with Gasteiger partial charge in [-0.05, 0) is 12.1 Å². The van der Waals surface area contributed by atoms with Gasteiger partial charge in [-0.15, -0.1) is 11.8 Å². The molecule has 60 valence electrons. The number of hydrogen-bond acceptors (Lipinski definition) is 1. The molecule has 0 aliphatic heterocycles. The lowest BCUT2D eigenvalue weighted by molar-refractivity contribution is 0.177. The van der Waals surface area contributed by atoms with Gasteiger partial charge in [-0.2, -0.15) is 0 Å². The highest BCUT2D eigenvalue weighted by atomic mass is 32.2. The Hall–Kier alpha value is -0.570. The van der Waals surface area contributed by atoms with E-state index in [9.17, 15) is 8.78 Å². The third-order valence-electron chi connectivity index (χ3n) is 1.12. The molecule has 0 spiro atoms. The topological polar surface area (TPSA) is 0 Å². The normalized spacial score (nSPS) is 10.5. The average molecular weight is 174 g/mol. The highest BCUT2D eigenvalue weighted by Gasteiger charge is 2.01. The van der Waals surface area contributed by atoms with Crippen LogP contribution in [0.1, 0.15) is 0 Å². The molecule has 0 bridgehead atoms. The van der Waals surface area contributed by atoms with Crippen molar-refractivity contribution >= 4 is 11.8 Å². The van der Waals surface area contributed by atoms with Gasteiger partial charge in [0, 0.05) is 4.90 Å². The summed E-state index contributed by atoms with van der Waals surface area (Å²) in [5.74, 6) is -0.121. The van der Waals surface area contributed by atoms with Crippen molar-refractivity contribution in [3.8, 4) is 0 Å². The number of alkyl halides is 2. The van der Waals surface area contributed by atoms with Crippen molar-refractivity contribution in [2.45, 2.75) is 11.3 Å². The fourth-order valence-corrected chi connectivity index (χ4v) is 1.34. The lowest BCUT2D eigenvalue weighted by atomic mass is 10.4. The molecule has 0 fully saturated rings. The van der Waals surface area contributed by atoms with Gasteiger partial charge >= 0.3 is 0 Å². The molecular weight excluding hydrogens is 166 g/mol. The van der Waals surface area contributed by atoms with Gasteiger partial charge in [-0.1, -0.05) is 18.2 Å². The van der Waals surface area contributed by atoms with E-state index >= 15 is 0 Å². The van der Waals surface area contributed by atoms with Crippen LogP contribution in [0.15, 0.2) is 35.2 Å². The second kappa shape index (κ2) is 4.34. The minimum Gasteiger partial charge on any atom is -0.210 e. The summed E-state index contributed by atoms with van der Waals surface area (Å²) in [5.41, 5.74) is 0. The molecule has 0 saturated heterocycles. The molecule has 3 heteroatoms. The Labute approximate surface area is 68.6 Å². The van der Waals surface area contributed by atoms with Crippen molar-refractivity contribution in [2.75, 3.05) is 5.75 Å². The van der Waals surface area contributed by atoms with E-state index in [1.165, 1.54) is 11.8 Å². The molecule has 1 aromatic carbocycles. The molecule has 1 rings (SSSR count). The predicted octanol–water partition coefficient (Wildman–Crippen LogP) is 3.04. The highest BCUT2D eigenvalue weighted by molar-refractivity contribution is 7.99. The Kier molecular flexibility index (Phi) is 3.36. The van der Waals surface area contributed by atoms with Crippen LogP contribution in [0.25, 0.3) is 0 Å². The summed E-state index contributed by atoms with van der Waals surface area (Å²) in [5, 5.41) is 0. The molecule has 0 aliphatic rings. The molecule has 0 aromatic heterocycles. The van der Waals surface area contributed by atoms with Crippen LogP contribution in [0.4, 0.5) is 8.78 Å². The molecule has 11 heavy (non-hydrogen) atoms. The fraction of sp³-hybridized carbons (Fsp3) is 0.250. The molecule has 1 aromatic rings. The monoisotopic (exact) mass is 174 g/mol. The number of halogens is 2. The molecule has 0 unspecified atom stereocenters. The Morgan fingerprint density at radius 1 is 1.18 bits per heavy atom. The van der Waals surface area contributed by atoms with E-state index in [0.717, 1.165) is 4.90 Å². The first-order valence-electron chi connectivity index (χ1n) is 3.25. The largest absolute Gasteiger partial charge is 0.247 e. The first-order chi connectivity index (χ1) is 5.29. The van der Waals surface area contributed by atoms with Crippen LogP contribution in [0.5, 0.6) is 0 Å². The van der Waals surface area contributed by atoms with Crippen molar-refractivity contribution < 1.29 is 8.78 Å². The summed E-state index contributed by atoms with van der Waals surface area (Å²) in [6, 6.07) is 9.20. The van der Waals surface area contributed by atoms with Gasteiger partial charge in [0.05, 0.1) is 5.75 Å². The average Bonchev–Trinajstić information content (AvgIpc) is 2.03. The zero-order valence-electron chi connectivity index (χ0n) is 5.84. The Bertz CT molecular complexity index is 199. The third-order valence-corrected chi connectivity index (χ3v) is 2.14. The molecule has 0 saturated carbocycles. The lowest BCUT2D eigenvalue weighted by Crippen LogP contribution is -1.92. The molecule has 0 radical (unpaired) electrons. The summed E-state index contributed by atoms with van der Waals surface area (Å²) >= 11 is 1.18. The molecule has 0 atom stereocenters. The maximum absolute atomic E-state index is 11.7. The molecule has 0 N–H and O–H groups in total. The van der Waals surface area contributed by atoms with E-state index in [2.05, 4.69) is 0 Å². The zero-order valence-corrected chi connectivity index (χ0v) is 6.65. The minimum absolute atomic E-state index is 0.121. The van der Waals surface area contributed by atoms with Gasteiger partial charge < -0.3 is 0 Å². The van der Waals surface area contributed by atoms with Crippen molar-refractivity contribution in [3.63, 3.8) is 0 Å². The molecule has 0 aliphatic carbocycles. The van der Waals surface area contributed by atoms with E-state index < -0.39 is 6.43 Å². The SMILES string of the molecule is FC(F)CSc1ccccc1. The molecule has 0 amide bonds. The van der Waals surface area contributed by atoms with Gasteiger partial charge in [0.25, 0.3) is 0 Å². The second-order valence-corrected chi connectivity index (χ2v) is 3.11. The standard InChI is InChI=1S/C8H8F2S/c9-8(10)6-11-7-4-2-1-3-5-7/h1-5,8H,6H2.